The lowest BCUT2D eigenvalue weighted by Gasteiger charge is -2.12. The molecule has 1 atom stereocenters. The molecule has 0 fully saturated rings. The lowest BCUT2D eigenvalue weighted by atomic mass is 10.1. The van der Waals surface area contributed by atoms with Crippen LogP contribution < -0.4 is 19.5 Å². The maximum Gasteiger partial charge on any atom is 0.238 e. The Balaban J connectivity index is 0.000000346. The molecule has 0 aliphatic carbocycles. The van der Waals surface area contributed by atoms with E-state index in [0.29, 0.717) is 28.0 Å². The normalized spacial score (nSPS) is 11.4. The molecule has 10 heteroatoms. The molecule has 36 heavy (non-hydrogen) atoms. The third kappa shape index (κ3) is 11.9. The number of nitrogens with one attached hydrogen (secondary N) is 1. The number of nitrogens with zero attached hydrogens (tertiary/aromatic N) is 4. The molecule has 0 radical (unpaired) electrons. The topological polar surface area (TPSA) is 108 Å². The van der Waals surface area contributed by atoms with Crippen LogP contribution in [0.2, 0.25) is 0 Å². The van der Waals surface area contributed by atoms with Gasteiger partial charge in [-0.25, -0.2) is 19.9 Å². The molecule has 0 saturated carbocycles. The van der Waals surface area contributed by atoms with Gasteiger partial charge >= 0.3 is 0 Å². The Morgan fingerprint density at radius 3 is 1.83 bits per heavy atom. The van der Waals surface area contributed by atoms with Gasteiger partial charge in [-0.3, -0.25) is 4.79 Å². The molecule has 9 nitrogen and oxygen atoms in total. The van der Waals surface area contributed by atoms with Crippen molar-refractivity contribution in [1.29, 1.82) is 0 Å². The summed E-state index contributed by atoms with van der Waals surface area (Å²) < 4.78 is 17.1. The lowest BCUT2D eigenvalue weighted by Crippen LogP contribution is -2.30. The second-order valence-electron chi connectivity index (χ2n) is 8.59. The molecule has 1 aromatic carbocycles. The van der Waals surface area contributed by atoms with E-state index in [2.05, 4.69) is 41.2 Å². The van der Waals surface area contributed by atoms with Crippen LogP contribution in [-0.2, 0) is 11.2 Å². The van der Waals surface area contributed by atoms with Gasteiger partial charge in [-0.1, -0.05) is 12.1 Å². The summed E-state index contributed by atoms with van der Waals surface area (Å²) in [6.07, 6.45) is 8.27. The van der Waals surface area contributed by atoms with Crippen LogP contribution in [0.15, 0.2) is 53.7 Å². The highest BCUT2D eigenvalue weighted by Gasteiger charge is 2.06. The van der Waals surface area contributed by atoms with Crippen molar-refractivity contribution < 1.29 is 19.0 Å². The Morgan fingerprint density at radius 2 is 1.36 bits per heavy atom. The molecule has 2 heterocycles. The zero-order valence-electron chi connectivity index (χ0n) is 21.6. The van der Waals surface area contributed by atoms with Gasteiger partial charge in [0.15, 0.2) is 0 Å². The van der Waals surface area contributed by atoms with Crippen LogP contribution in [0.5, 0.6) is 23.4 Å². The van der Waals surface area contributed by atoms with Crippen molar-refractivity contribution in [2.24, 2.45) is 0 Å². The molecule has 3 aromatic rings. The molecule has 194 valence electrons. The minimum absolute atomic E-state index is 0.00201. The third-order valence-corrected chi connectivity index (χ3v) is 4.78. The first-order chi connectivity index (χ1) is 17.1. The summed E-state index contributed by atoms with van der Waals surface area (Å²) in [7, 11) is 0. The van der Waals surface area contributed by atoms with Crippen LogP contribution >= 0.6 is 15.9 Å². The van der Waals surface area contributed by atoms with E-state index in [9.17, 15) is 4.79 Å². The Morgan fingerprint density at radius 1 is 0.833 bits per heavy atom. The molecule has 1 amide bonds. The Kier molecular flexibility index (Phi) is 12.0. The summed E-state index contributed by atoms with van der Waals surface area (Å²) in [5, 5.41) is 2.88. The van der Waals surface area contributed by atoms with Crippen molar-refractivity contribution in [3.05, 3.63) is 59.2 Å². The van der Waals surface area contributed by atoms with E-state index in [4.69, 9.17) is 14.2 Å². The van der Waals surface area contributed by atoms with E-state index in [0.717, 1.165) is 12.8 Å². The number of amides is 1. The maximum absolute atomic E-state index is 11.0. The van der Waals surface area contributed by atoms with Crippen molar-refractivity contribution in [3.63, 3.8) is 0 Å². The summed E-state index contributed by atoms with van der Waals surface area (Å²) in [6, 6.07) is 7.99. The number of aromatic nitrogens is 4. The zero-order chi connectivity index (χ0) is 26.5. The number of ether oxygens (including phenoxy) is 3. The van der Waals surface area contributed by atoms with Crippen LogP contribution in [-0.4, -0.2) is 44.1 Å². The van der Waals surface area contributed by atoms with Crippen LogP contribution in [0.25, 0.3) is 0 Å². The quantitative estimate of drug-likeness (QED) is 0.345. The molecule has 0 spiro atoms. The number of hydrogen-bond donors (Lipinski definition) is 1. The number of aryl methyl sites for hydroxylation is 1. The van der Waals surface area contributed by atoms with Gasteiger partial charge < -0.3 is 19.5 Å². The number of carbonyl (C=O) groups excluding carboxylic acids is 1. The number of carbonyl (C=O) groups is 1. The average molecular weight is 560 g/mol. The van der Waals surface area contributed by atoms with Gasteiger partial charge in [-0.15, -0.1) is 0 Å². The molecule has 0 bridgehead atoms. The molecule has 1 N–H and O–H groups in total. The van der Waals surface area contributed by atoms with E-state index >= 15 is 0 Å². The molecule has 3 rings (SSSR count). The zero-order valence-corrected chi connectivity index (χ0v) is 23.2. The van der Waals surface area contributed by atoms with Gasteiger partial charge in [0, 0.05) is 13.0 Å². The fraction of sp³-hybridized carbons (Fsp3) is 0.423. The largest absolute Gasteiger partial charge is 0.474 e. The summed E-state index contributed by atoms with van der Waals surface area (Å²) >= 11 is 3.18. The molecule has 1 unspecified atom stereocenters. The second-order valence-corrected chi connectivity index (χ2v) is 9.40. The van der Waals surface area contributed by atoms with Gasteiger partial charge in [0.1, 0.15) is 10.4 Å². The second kappa shape index (κ2) is 15.0. The van der Waals surface area contributed by atoms with Gasteiger partial charge in [0.2, 0.25) is 23.5 Å². The monoisotopic (exact) mass is 559 g/mol. The molecular weight excluding hydrogens is 526 g/mol. The maximum atomic E-state index is 11.0. The highest BCUT2D eigenvalue weighted by molar-refractivity contribution is 9.10. The van der Waals surface area contributed by atoms with Crippen molar-refractivity contribution in [1.82, 2.24) is 25.3 Å². The SMILES string of the molecule is CC(=O)NC(C)CCc1ccc(Oc2cnc(OC(C)C)cn2)cc1.CC(C)Oc1cnc(Br)cn1. The van der Waals surface area contributed by atoms with E-state index in [1.807, 2.05) is 58.9 Å². The van der Waals surface area contributed by atoms with Crippen molar-refractivity contribution in [2.75, 3.05) is 0 Å². The van der Waals surface area contributed by atoms with Gasteiger partial charge in [0.25, 0.3) is 0 Å². The van der Waals surface area contributed by atoms with Gasteiger partial charge in [0.05, 0.1) is 37.0 Å². The number of rotatable bonds is 10. The molecule has 0 saturated heterocycles. The average Bonchev–Trinajstić information content (AvgIpc) is 2.81. The van der Waals surface area contributed by atoms with E-state index in [1.165, 1.54) is 12.5 Å². The lowest BCUT2D eigenvalue weighted by molar-refractivity contribution is -0.119. The number of halogens is 1. The van der Waals surface area contributed by atoms with Gasteiger partial charge in [-0.05, 0) is 81.1 Å². The highest BCUT2D eigenvalue weighted by Crippen LogP contribution is 2.21. The molecule has 0 aliphatic rings. The predicted octanol–water partition coefficient (Wildman–Crippen LogP) is 5.54. The minimum atomic E-state index is 0.00201. The van der Waals surface area contributed by atoms with Crippen molar-refractivity contribution in [2.45, 2.75) is 72.6 Å². The Labute approximate surface area is 221 Å². The fourth-order valence-corrected chi connectivity index (χ4v) is 3.11. The van der Waals surface area contributed by atoms with E-state index in [1.54, 1.807) is 24.8 Å². The Bertz CT molecular complexity index is 1050. The van der Waals surface area contributed by atoms with E-state index in [-0.39, 0.29) is 24.2 Å². The van der Waals surface area contributed by atoms with Crippen LogP contribution in [0, 0.1) is 0 Å². The van der Waals surface area contributed by atoms with Crippen LogP contribution in [0.4, 0.5) is 0 Å². The first-order valence-corrected chi connectivity index (χ1v) is 12.6. The van der Waals surface area contributed by atoms with Gasteiger partial charge in [-0.2, -0.15) is 0 Å². The van der Waals surface area contributed by atoms with Crippen molar-refractivity contribution >= 4 is 21.8 Å². The summed E-state index contributed by atoms with van der Waals surface area (Å²) in [5.41, 5.74) is 1.19. The molecular formula is C26H34BrN5O4. The first-order valence-electron chi connectivity index (χ1n) is 11.8. The van der Waals surface area contributed by atoms with Crippen LogP contribution in [0.3, 0.4) is 0 Å². The molecule has 2 aromatic heterocycles. The fourth-order valence-electron chi connectivity index (χ4n) is 2.91. The third-order valence-electron chi connectivity index (χ3n) is 4.38. The van der Waals surface area contributed by atoms with E-state index < -0.39 is 0 Å². The molecule has 0 aliphatic heterocycles. The number of benzene rings is 1. The number of hydrogen-bond acceptors (Lipinski definition) is 8. The van der Waals surface area contributed by atoms with Crippen molar-refractivity contribution in [3.8, 4) is 23.4 Å². The first kappa shape index (κ1) is 29.0. The summed E-state index contributed by atoms with van der Waals surface area (Å²) in [4.78, 5) is 27.3. The summed E-state index contributed by atoms with van der Waals surface area (Å²) in [5.74, 6) is 2.16. The summed E-state index contributed by atoms with van der Waals surface area (Å²) in [6.45, 7) is 11.3. The highest BCUT2D eigenvalue weighted by atomic mass is 79.9. The minimum Gasteiger partial charge on any atom is -0.474 e. The standard InChI is InChI=1S/C19H25N3O3.C7H9BrN2O/c1-13(2)24-18-11-21-19(12-20-18)25-17-9-7-16(8-10-17)6-5-14(3)22-15(4)23;1-5(2)11-7-4-9-6(8)3-10-7/h7-14H,5-6H2,1-4H3,(H,22,23);3-5H,1-2H3. The Hall–Kier alpha value is -3.27. The van der Waals surface area contributed by atoms with Crippen LogP contribution in [0.1, 0.15) is 53.5 Å². The predicted molar refractivity (Wildman–Crippen MR) is 141 cm³/mol. The smallest absolute Gasteiger partial charge is 0.238 e.